The first-order valence-electron chi connectivity index (χ1n) is 3.92. The zero-order chi connectivity index (χ0) is 4.93. The van der Waals surface area contributed by atoms with Crippen LogP contribution in [-0.2, 0) is 0 Å². The smallest absolute Gasteiger partial charge is 0.0227 e. The molecule has 42 valence electrons. The van der Waals surface area contributed by atoms with Crippen molar-refractivity contribution < 1.29 is 0 Å². The lowest BCUT2D eigenvalue weighted by Crippen LogP contribution is -2.16. The molecule has 6 fully saturated rings. The molecule has 0 saturated heterocycles. The molecule has 6 rings (SSSR count). The third kappa shape index (κ3) is 0.116. The Labute approximate surface area is 49.3 Å². The van der Waals surface area contributed by atoms with Gasteiger partial charge < -0.3 is 0 Å². The van der Waals surface area contributed by atoms with Crippen LogP contribution in [-0.4, -0.2) is 0 Å². The average molecular weight is 106 g/mol. The Kier molecular flexibility index (Phi) is 0.231. The van der Waals surface area contributed by atoms with Crippen LogP contribution in [0.1, 0.15) is 19.3 Å². The second-order valence-electron chi connectivity index (χ2n) is 4.43. The summed E-state index contributed by atoms with van der Waals surface area (Å²) in [5.41, 5.74) is 1.04. The summed E-state index contributed by atoms with van der Waals surface area (Å²) in [6.45, 7) is 0. The fourth-order valence-electron chi connectivity index (χ4n) is 4.47. The van der Waals surface area contributed by atoms with Crippen LogP contribution in [0.4, 0.5) is 0 Å². The van der Waals surface area contributed by atoms with Gasteiger partial charge in [-0.2, -0.15) is 0 Å². The van der Waals surface area contributed by atoms with Crippen LogP contribution in [0.5, 0.6) is 0 Å². The highest BCUT2D eigenvalue weighted by atomic mass is 14.9. The summed E-state index contributed by atoms with van der Waals surface area (Å²) < 4.78 is 0. The molecular weight excluding hydrogens is 96.1 g/mol. The summed E-state index contributed by atoms with van der Waals surface area (Å²) in [7, 11) is 0. The van der Waals surface area contributed by atoms with Crippen LogP contribution in [0.15, 0.2) is 0 Å². The van der Waals surface area contributed by atoms with Crippen molar-refractivity contribution in [2.24, 2.45) is 29.1 Å². The summed E-state index contributed by atoms with van der Waals surface area (Å²) in [5.74, 6) is 5.08. The van der Waals surface area contributed by atoms with Gasteiger partial charge in [0, 0.05) is 0 Å². The van der Waals surface area contributed by atoms with E-state index in [4.69, 9.17) is 0 Å². The normalized spacial score (nSPS) is 87.0. The Hall–Kier alpha value is 0. The number of hydrogen-bond acceptors (Lipinski definition) is 0. The van der Waals surface area contributed by atoms with E-state index >= 15 is 0 Å². The van der Waals surface area contributed by atoms with Gasteiger partial charge >= 0.3 is 0 Å². The molecule has 0 radical (unpaired) electrons. The highest BCUT2D eigenvalue weighted by Gasteiger charge is 2.85. The minimum absolute atomic E-state index is 1.04. The molecule has 0 aromatic heterocycles. The molecule has 6 aliphatic rings. The van der Waals surface area contributed by atoms with E-state index < -0.39 is 0 Å². The molecule has 0 heteroatoms. The summed E-state index contributed by atoms with van der Waals surface area (Å²) in [6.07, 6.45) is 4.97. The maximum atomic E-state index is 1.66. The van der Waals surface area contributed by atoms with Gasteiger partial charge in [-0.3, -0.25) is 0 Å². The molecule has 5 unspecified atom stereocenters. The Morgan fingerprint density at radius 3 is 2.38 bits per heavy atom. The zero-order valence-electron chi connectivity index (χ0n) is 4.93. The quantitative estimate of drug-likeness (QED) is 0.440. The van der Waals surface area contributed by atoms with Crippen molar-refractivity contribution >= 4 is 0 Å². The van der Waals surface area contributed by atoms with Crippen LogP contribution >= 0.6 is 0 Å². The molecule has 5 bridgehead atoms. The van der Waals surface area contributed by atoms with E-state index in [-0.39, 0.29) is 0 Å². The Bertz CT molecular complexity index is 166. The lowest BCUT2D eigenvalue weighted by molar-refractivity contribution is 0.253. The van der Waals surface area contributed by atoms with Gasteiger partial charge in [0.15, 0.2) is 0 Å². The van der Waals surface area contributed by atoms with Gasteiger partial charge in [0.25, 0.3) is 0 Å². The molecule has 6 saturated carbocycles. The average Bonchev–Trinajstić information content (AvgIpc) is 2.19. The van der Waals surface area contributed by atoms with Gasteiger partial charge in [-0.1, -0.05) is 0 Å². The van der Waals surface area contributed by atoms with Crippen LogP contribution in [0.25, 0.3) is 0 Å². The van der Waals surface area contributed by atoms with E-state index in [0.29, 0.717) is 0 Å². The predicted octanol–water partition coefficient (Wildman–Crippen LogP) is 1.66. The van der Waals surface area contributed by atoms with Crippen molar-refractivity contribution in [2.75, 3.05) is 0 Å². The maximum absolute atomic E-state index is 1.66. The molecule has 0 aromatic rings. The minimum Gasteiger partial charge on any atom is -0.0465 e. The van der Waals surface area contributed by atoms with Crippen LogP contribution in [0.2, 0.25) is 0 Å². The second kappa shape index (κ2) is 0.571. The van der Waals surface area contributed by atoms with E-state index in [1.807, 2.05) is 0 Å². The van der Waals surface area contributed by atoms with E-state index in [1.165, 1.54) is 23.7 Å². The summed E-state index contributed by atoms with van der Waals surface area (Å²) >= 11 is 0. The predicted molar refractivity (Wildman–Crippen MR) is 30.2 cm³/mol. The first-order valence-corrected chi connectivity index (χ1v) is 3.92. The molecule has 0 aliphatic heterocycles. The maximum Gasteiger partial charge on any atom is -0.0227 e. The van der Waals surface area contributed by atoms with Gasteiger partial charge in [-0.25, -0.2) is 0 Å². The van der Waals surface area contributed by atoms with Gasteiger partial charge in [0.05, 0.1) is 0 Å². The van der Waals surface area contributed by atoms with Crippen LogP contribution < -0.4 is 0 Å². The van der Waals surface area contributed by atoms with Crippen molar-refractivity contribution in [1.82, 2.24) is 0 Å². The Morgan fingerprint density at radius 2 is 2.25 bits per heavy atom. The molecule has 8 heavy (non-hydrogen) atoms. The van der Waals surface area contributed by atoms with E-state index in [2.05, 4.69) is 0 Å². The van der Waals surface area contributed by atoms with Gasteiger partial charge in [0.2, 0.25) is 0 Å². The van der Waals surface area contributed by atoms with E-state index in [0.717, 1.165) is 5.41 Å². The zero-order valence-corrected chi connectivity index (χ0v) is 4.93. The topological polar surface area (TPSA) is 0 Å². The fourth-order valence-corrected chi connectivity index (χ4v) is 4.47. The van der Waals surface area contributed by atoms with Crippen LogP contribution in [0.3, 0.4) is 0 Å². The first-order chi connectivity index (χ1) is 3.92. The van der Waals surface area contributed by atoms with Gasteiger partial charge in [0.1, 0.15) is 0 Å². The molecule has 5 atom stereocenters. The SMILES string of the molecule is C1C2CC34CC2C3C14. The third-order valence-corrected chi connectivity index (χ3v) is 4.61. The molecule has 6 aliphatic carbocycles. The van der Waals surface area contributed by atoms with Crippen molar-refractivity contribution in [1.29, 1.82) is 0 Å². The molecule has 0 heterocycles. The third-order valence-electron chi connectivity index (χ3n) is 4.61. The second-order valence-corrected chi connectivity index (χ2v) is 4.43. The van der Waals surface area contributed by atoms with Crippen molar-refractivity contribution in [3.05, 3.63) is 0 Å². The standard InChI is InChI=1S/C8H10/c1-4-2-8-3-5(4)7(8)6(1)8/h4-7H,1-3H2. The van der Waals surface area contributed by atoms with Gasteiger partial charge in [-0.15, -0.1) is 0 Å². The lowest BCUT2D eigenvalue weighted by Gasteiger charge is -2.23. The minimum atomic E-state index is 1.04. The first kappa shape index (κ1) is 3.24. The summed E-state index contributed by atoms with van der Waals surface area (Å²) in [4.78, 5) is 0. The highest BCUT2D eigenvalue weighted by Crippen LogP contribution is 2.92. The largest absolute Gasteiger partial charge is 0.0465 e. The fraction of sp³-hybridized carbons (Fsp3) is 1.00. The Balaban J connectivity index is 2.16. The number of rotatable bonds is 0. The van der Waals surface area contributed by atoms with Crippen molar-refractivity contribution in [3.8, 4) is 0 Å². The molecule has 0 N–H and O–H groups in total. The molecular formula is C8H10. The summed E-state index contributed by atoms with van der Waals surface area (Å²) in [6, 6.07) is 0. The number of hydrogen-bond donors (Lipinski definition) is 0. The van der Waals surface area contributed by atoms with Crippen molar-refractivity contribution in [3.63, 3.8) is 0 Å². The Morgan fingerprint density at radius 1 is 1.25 bits per heavy atom. The van der Waals surface area contributed by atoms with Crippen molar-refractivity contribution in [2.45, 2.75) is 19.3 Å². The van der Waals surface area contributed by atoms with Gasteiger partial charge in [-0.05, 0) is 48.3 Å². The van der Waals surface area contributed by atoms with Crippen LogP contribution in [0, 0.1) is 29.1 Å². The highest BCUT2D eigenvalue weighted by molar-refractivity contribution is 5.34. The molecule has 0 amide bonds. The monoisotopic (exact) mass is 106 g/mol. The lowest BCUT2D eigenvalue weighted by atomic mass is 9.81. The summed E-state index contributed by atoms with van der Waals surface area (Å²) in [5, 5.41) is 0. The molecule has 0 nitrogen and oxygen atoms in total. The molecule has 0 aromatic carbocycles. The van der Waals surface area contributed by atoms with E-state index in [9.17, 15) is 0 Å². The van der Waals surface area contributed by atoms with E-state index in [1.54, 1.807) is 19.3 Å². The molecule has 1 spiro atoms.